The predicted molar refractivity (Wildman–Crippen MR) is 82.9 cm³/mol. The van der Waals surface area contributed by atoms with Gasteiger partial charge in [0, 0.05) is 12.2 Å². The van der Waals surface area contributed by atoms with Crippen LogP contribution in [0.2, 0.25) is 0 Å². The van der Waals surface area contributed by atoms with Crippen LogP contribution < -0.4 is 10.6 Å². The van der Waals surface area contributed by atoms with E-state index in [-0.39, 0.29) is 17.6 Å². The van der Waals surface area contributed by atoms with Crippen LogP contribution in [0.5, 0.6) is 0 Å². The summed E-state index contributed by atoms with van der Waals surface area (Å²) in [6.07, 6.45) is 0.00780. The first-order valence-corrected chi connectivity index (χ1v) is 7.14. The third-order valence-electron chi connectivity index (χ3n) is 3.23. The summed E-state index contributed by atoms with van der Waals surface area (Å²) in [5, 5.41) is 14.3. The van der Waals surface area contributed by atoms with E-state index in [9.17, 15) is 19.1 Å². The largest absolute Gasteiger partial charge is 0.393 e. The Balaban J connectivity index is 2.59. The van der Waals surface area contributed by atoms with E-state index in [0.29, 0.717) is 12.0 Å². The van der Waals surface area contributed by atoms with Gasteiger partial charge in [0.2, 0.25) is 0 Å². The second-order valence-corrected chi connectivity index (χ2v) is 6.31. The van der Waals surface area contributed by atoms with Gasteiger partial charge in [-0.3, -0.25) is 9.59 Å². The highest BCUT2D eigenvalue weighted by molar-refractivity contribution is 6.39. The minimum absolute atomic E-state index is 0.256. The minimum atomic E-state index is -0.846. The average molecular weight is 310 g/mol. The number of halogens is 1. The van der Waals surface area contributed by atoms with Crippen molar-refractivity contribution in [1.29, 1.82) is 0 Å². The van der Waals surface area contributed by atoms with E-state index in [1.54, 1.807) is 13.8 Å². The van der Waals surface area contributed by atoms with Crippen LogP contribution in [0.3, 0.4) is 0 Å². The lowest BCUT2D eigenvalue weighted by Gasteiger charge is -2.26. The SMILES string of the molecule is Cc1ccc(F)cc1NC(=O)C(=O)NCC(C)(C)CC(C)O. The molecule has 1 rings (SSSR count). The van der Waals surface area contributed by atoms with Gasteiger partial charge in [-0.1, -0.05) is 19.9 Å². The fraction of sp³-hybridized carbons (Fsp3) is 0.500. The molecule has 6 heteroatoms. The number of aryl methyl sites for hydroxylation is 1. The van der Waals surface area contributed by atoms with Crippen LogP contribution in [-0.4, -0.2) is 29.6 Å². The van der Waals surface area contributed by atoms with Gasteiger partial charge in [0.25, 0.3) is 0 Å². The summed E-state index contributed by atoms with van der Waals surface area (Å²) in [5.74, 6) is -2.12. The number of carbonyl (C=O) groups excluding carboxylic acids is 2. The molecule has 1 aromatic rings. The first kappa shape index (κ1) is 18.1. The standard InChI is InChI=1S/C16H23FN2O3/c1-10-5-6-12(17)7-13(10)19-15(22)14(21)18-9-16(3,4)8-11(2)20/h5-7,11,20H,8-9H2,1-4H3,(H,18,21)(H,19,22). The van der Waals surface area contributed by atoms with Crippen molar-refractivity contribution in [3.8, 4) is 0 Å². The zero-order valence-electron chi connectivity index (χ0n) is 13.4. The molecule has 0 saturated carbocycles. The van der Waals surface area contributed by atoms with Crippen LogP contribution >= 0.6 is 0 Å². The van der Waals surface area contributed by atoms with Crippen molar-refractivity contribution in [1.82, 2.24) is 5.32 Å². The molecular formula is C16H23FN2O3. The molecule has 1 unspecified atom stereocenters. The van der Waals surface area contributed by atoms with Gasteiger partial charge in [0.1, 0.15) is 5.82 Å². The fourth-order valence-corrected chi connectivity index (χ4v) is 2.18. The van der Waals surface area contributed by atoms with Crippen LogP contribution in [0.1, 0.15) is 32.8 Å². The first-order chi connectivity index (χ1) is 10.1. The lowest BCUT2D eigenvalue weighted by molar-refractivity contribution is -0.136. The molecule has 0 spiro atoms. The van der Waals surface area contributed by atoms with E-state index in [0.717, 1.165) is 6.07 Å². The van der Waals surface area contributed by atoms with E-state index in [1.165, 1.54) is 12.1 Å². The summed E-state index contributed by atoms with van der Waals surface area (Å²) in [7, 11) is 0. The number of rotatable bonds is 5. The Morgan fingerprint density at radius 2 is 1.95 bits per heavy atom. The number of benzene rings is 1. The minimum Gasteiger partial charge on any atom is -0.393 e. The number of hydrogen-bond acceptors (Lipinski definition) is 3. The molecule has 0 fully saturated rings. The highest BCUT2D eigenvalue weighted by atomic mass is 19.1. The second kappa shape index (κ2) is 7.35. The quantitative estimate of drug-likeness (QED) is 0.728. The molecule has 0 aliphatic heterocycles. The third-order valence-corrected chi connectivity index (χ3v) is 3.23. The van der Waals surface area contributed by atoms with Crippen molar-refractivity contribution in [2.24, 2.45) is 5.41 Å². The molecule has 0 radical (unpaired) electrons. The molecule has 3 N–H and O–H groups in total. The van der Waals surface area contributed by atoms with E-state index >= 15 is 0 Å². The molecule has 0 aliphatic carbocycles. The summed E-state index contributed by atoms with van der Waals surface area (Å²) in [4.78, 5) is 23.6. The van der Waals surface area contributed by atoms with Crippen molar-refractivity contribution >= 4 is 17.5 Å². The molecule has 5 nitrogen and oxygen atoms in total. The van der Waals surface area contributed by atoms with Crippen molar-refractivity contribution in [3.05, 3.63) is 29.6 Å². The Bertz CT molecular complexity index is 556. The van der Waals surface area contributed by atoms with Crippen molar-refractivity contribution in [2.45, 2.75) is 40.2 Å². The molecular weight excluding hydrogens is 287 g/mol. The van der Waals surface area contributed by atoms with Crippen LogP contribution in [0.25, 0.3) is 0 Å². The van der Waals surface area contributed by atoms with Crippen LogP contribution in [0.4, 0.5) is 10.1 Å². The average Bonchev–Trinajstić information content (AvgIpc) is 2.38. The number of amides is 2. The number of aliphatic hydroxyl groups excluding tert-OH is 1. The van der Waals surface area contributed by atoms with Gasteiger partial charge in [-0.2, -0.15) is 0 Å². The molecule has 0 bridgehead atoms. The molecule has 0 aliphatic rings. The fourth-order valence-electron chi connectivity index (χ4n) is 2.18. The summed E-state index contributed by atoms with van der Waals surface area (Å²) in [6, 6.07) is 3.97. The highest BCUT2D eigenvalue weighted by Crippen LogP contribution is 2.21. The summed E-state index contributed by atoms with van der Waals surface area (Å²) >= 11 is 0. The van der Waals surface area contributed by atoms with Gasteiger partial charge >= 0.3 is 11.8 Å². The zero-order chi connectivity index (χ0) is 16.9. The molecule has 2 amide bonds. The van der Waals surface area contributed by atoms with Crippen LogP contribution in [-0.2, 0) is 9.59 Å². The summed E-state index contributed by atoms with van der Waals surface area (Å²) < 4.78 is 13.1. The Hall–Kier alpha value is -1.95. The molecule has 0 saturated heterocycles. The summed E-state index contributed by atoms with van der Waals surface area (Å²) in [5.41, 5.74) is 0.596. The number of aliphatic hydroxyl groups is 1. The molecule has 0 aromatic heterocycles. The number of anilines is 1. The van der Waals surface area contributed by atoms with Gasteiger partial charge in [-0.25, -0.2) is 4.39 Å². The second-order valence-electron chi connectivity index (χ2n) is 6.31. The van der Waals surface area contributed by atoms with Gasteiger partial charge < -0.3 is 15.7 Å². The normalized spacial score (nSPS) is 12.6. The highest BCUT2D eigenvalue weighted by Gasteiger charge is 2.23. The van der Waals surface area contributed by atoms with E-state index in [1.807, 2.05) is 13.8 Å². The smallest absolute Gasteiger partial charge is 0.313 e. The Morgan fingerprint density at radius 3 is 2.55 bits per heavy atom. The maximum Gasteiger partial charge on any atom is 0.313 e. The summed E-state index contributed by atoms with van der Waals surface area (Å²) in [6.45, 7) is 7.40. The first-order valence-electron chi connectivity index (χ1n) is 7.14. The Labute approximate surface area is 129 Å². The van der Waals surface area contributed by atoms with Crippen molar-refractivity contribution in [2.75, 3.05) is 11.9 Å². The Kier molecular flexibility index (Phi) is 6.05. The lowest BCUT2D eigenvalue weighted by atomic mass is 9.87. The van der Waals surface area contributed by atoms with Crippen molar-refractivity contribution in [3.63, 3.8) is 0 Å². The maximum absolute atomic E-state index is 13.1. The maximum atomic E-state index is 13.1. The van der Waals surface area contributed by atoms with Crippen LogP contribution in [0.15, 0.2) is 18.2 Å². The van der Waals surface area contributed by atoms with E-state index in [4.69, 9.17) is 0 Å². The zero-order valence-corrected chi connectivity index (χ0v) is 13.4. The van der Waals surface area contributed by atoms with E-state index in [2.05, 4.69) is 10.6 Å². The number of nitrogens with one attached hydrogen (secondary N) is 2. The number of hydrogen-bond donors (Lipinski definition) is 3. The lowest BCUT2D eigenvalue weighted by Crippen LogP contribution is -2.41. The monoisotopic (exact) mass is 310 g/mol. The third kappa shape index (κ3) is 5.81. The number of carbonyl (C=O) groups is 2. The molecule has 0 heterocycles. The predicted octanol–water partition coefficient (Wildman–Crippen LogP) is 1.99. The molecule has 122 valence electrons. The van der Waals surface area contributed by atoms with Gasteiger partial charge in [-0.15, -0.1) is 0 Å². The van der Waals surface area contributed by atoms with Gasteiger partial charge in [0.05, 0.1) is 6.10 Å². The molecule has 1 aromatic carbocycles. The van der Waals surface area contributed by atoms with Gasteiger partial charge in [-0.05, 0) is 43.4 Å². The van der Waals surface area contributed by atoms with Crippen LogP contribution in [0, 0.1) is 18.2 Å². The van der Waals surface area contributed by atoms with Crippen molar-refractivity contribution < 1.29 is 19.1 Å². The van der Waals surface area contributed by atoms with E-state index < -0.39 is 23.7 Å². The topological polar surface area (TPSA) is 78.4 Å². The molecule has 22 heavy (non-hydrogen) atoms. The Morgan fingerprint density at radius 1 is 1.32 bits per heavy atom. The molecule has 1 atom stereocenters. The van der Waals surface area contributed by atoms with Gasteiger partial charge in [0.15, 0.2) is 0 Å².